The minimum Gasteiger partial charge on any atom is -0.367 e. The predicted molar refractivity (Wildman–Crippen MR) is 82.6 cm³/mol. The number of hydrogen-bond acceptors (Lipinski definition) is 5. The first-order valence-electron chi connectivity index (χ1n) is 6.73. The molecule has 0 spiro atoms. The smallest absolute Gasteiger partial charge is 0.147 e. The van der Waals surface area contributed by atoms with Crippen LogP contribution in [0.25, 0.3) is 0 Å². The van der Waals surface area contributed by atoms with E-state index in [0.717, 1.165) is 37.7 Å². The van der Waals surface area contributed by atoms with E-state index in [0.29, 0.717) is 10.6 Å². The maximum absolute atomic E-state index is 9.24. The summed E-state index contributed by atoms with van der Waals surface area (Å²) in [5, 5.41) is 9.83. The SMILES string of the molecule is N#Cc1cc(Cl)ccc1N1CCN(c2cnccn2)CC1. The van der Waals surface area contributed by atoms with Gasteiger partial charge >= 0.3 is 0 Å². The summed E-state index contributed by atoms with van der Waals surface area (Å²) in [6.45, 7) is 3.39. The molecule has 0 amide bonds. The number of nitriles is 1. The van der Waals surface area contributed by atoms with Crippen LogP contribution in [0.15, 0.2) is 36.8 Å². The summed E-state index contributed by atoms with van der Waals surface area (Å²) in [6.07, 6.45) is 5.15. The second kappa shape index (κ2) is 5.98. The van der Waals surface area contributed by atoms with Crippen LogP contribution in [0.2, 0.25) is 5.02 Å². The molecule has 0 radical (unpaired) electrons. The zero-order valence-electron chi connectivity index (χ0n) is 11.4. The van der Waals surface area contributed by atoms with Crippen LogP contribution in [0, 0.1) is 11.3 Å². The maximum Gasteiger partial charge on any atom is 0.147 e. The van der Waals surface area contributed by atoms with Crippen molar-refractivity contribution >= 4 is 23.1 Å². The van der Waals surface area contributed by atoms with Gasteiger partial charge in [-0.1, -0.05) is 11.6 Å². The van der Waals surface area contributed by atoms with Crippen LogP contribution >= 0.6 is 11.6 Å². The van der Waals surface area contributed by atoms with E-state index in [-0.39, 0.29) is 0 Å². The minimum absolute atomic E-state index is 0.591. The van der Waals surface area contributed by atoms with Crippen LogP contribution in [0.1, 0.15) is 5.56 Å². The molecule has 1 aliphatic rings. The molecule has 0 N–H and O–H groups in total. The van der Waals surface area contributed by atoms with E-state index in [2.05, 4.69) is 25.8 Å². The number of anilines is 2. The summed E-state index contributed by atoms with van der Waals surface area (Å²) < 4.78 is 0. The highest BCUT2D eigenvalue weighted by Gasteiger charge is 2.20. The third kappa shape index (κ3) is 2.91. The quantitative estimate of drug-likeness (QED) is 0.852. The van der Waals surface area contributed by atoms with Gasteiger partial charge in [0.15, 0.2) is 0 Å². The average Bonchev–Trinajstić information content (AvgIpc) is 2.56. The van der Waals surface area contributed by atoms with Crippen molar-refractivity contribution in [3.05, 3.63) is 47.4 Å². The highest BCUT2D eigenvalue weighted by atomic mass is 35.5. The molecular formula is C15H14ClN5. The van der Waals surface area contributed by atoms with Crippen molar-refractivity contribution in [1.82, 2.24) is 9.97 Å². The molecule has 0 aliphatic carbocycles. The molecule has 0 atom stereocenters. The van der Waals surface area contributed by atoms with Crippen LogP contribution in [0.4, 0.5) is 11.5 Å². The van der Waals surface area contributed by atoms with Crippen molar-refractivity contribution in [2.45, 2.75) is 0 Å². The maximum atomic E-state index is 9.24. The van der Waals surface area contributed by atoms with Gasteiger partial charge in [0.25, 0.3) is 0 Å². The van der Waals surface area contributed by atoms with E-state index < -0.39 is 0 Å². The second-order valence-corrected chi connectivity index (χ2v) is 5.25. The molecule has 1 saturated heterocycles. The lowest BCUT2D eigenvalue weighted by atomic mass is 10.1. The number of halogens is 1. The first kappa shape index (κ1) is 13.7. The number of benzene rings is 1. The van der Waals surface area contributed by atoms with Crippen molar-refractivity contribution in [3.8, 4) is 6.07 Å². The molecule has 6 heteroatoms. The standard InChI is InChI=1S/C15H14ClN5/c16-13-1-2-14(12(9-13)10-17)20-5-7-21(8-6-20)15-11-18-3-4-19-15/h1-4,9,11H,5-8H2. The normalized spacial score (nSPS) is 14.9. The van der Waals surface area contributed by atoms with Gasteiger partial charge in [0.05, 0.1) is 17.4 Å². The summed E-state index contributed by atoms with van der Waals surface area (Å²) in [6, 6.07) is 7.67. The largest absolute Gasteiger partial charge is 0.367 e. The van der Waals surface area contributed by atoms with E-state index in [1.807, 2.05) is 12.1 Å². The predicted octanol–water partition coefficient (Wildman–Crippen LogP) is 2.33. The van der Waals surface area contributed by atoms with Crippen LogP contribution in [0.5, 0.6) is 0 Å². The number of piperazine rings is 1. The Labute approximate surface area is 128 Å². The number of nitrogens with zero attached hydrogens (tertiary/aromatic N) is 5. The molecule has 21 heavy (non-hydrogen) atoms. The lowest BCUT2D eigenvalue weighted by molar-refractivity contribution is 0.646. The van der Waals surface area contributed by atoms with Gasteiger partial charge in [0.1, 0.15) is 11.9 Å². The Morgan fingerprint density at radius 2 is 1.86 bits per heavy atom. The molecular weight excluding hydrogens is 286 g/mol. The van der Waals surface area contributed by atoms with Crippen molar-refractivity contribution in [2.75, 3.05) is 36.0 Å². The molecule has 0 unspecified atom stereocenters. The Bertz CT molecular complexity index is 660. The average molecular weight is 300 g/mol. The van der Waals surface area contributed by atoms with Crippen LogP contribution in [0.3, 0.4) is 0 Å². The zero-order valence-corrected chi connectivity index (χ0v) is 12.2. The molecule has 1 aromatic carbocycles. The number of rotatable bonds is 2. The molecule has 5 nitrogen and oxygen atoms in total. The summed E-state index contributed by atoms with van der Waals surface area (Å²) in [5.74, 6) is 0.897. The van der Waals surface area contributed by atoms with Crippen molar-refractivity contribution in [1.29, 1.82) is 5.26 Å². The monoisotopic (exact) mass is 299 g/mol. The van der Waals surface area contributed by atoms with Crippen LogP contribution in [-0.2, 0) is 0 Å². The van der Waals surface area contributed by atoms with Crippen molar-refractivity contribution in [2.24, 2.45) is 0 Å². The van der Waals surface area contributed by atoms with Gasteiger partial charge in [-0.3, -0.25) is 4.98 Å². The third-order valence-corrected chi connectivity index (χ3v) is 3.81. The van der Waals surface area contributed by atoms with Crippen molar-refractivity contribution in [3.63, 3.8) is 0 Å². The molecule has 0 saturated carbocycles. The van der Waals surface area contributed by atoms with E-state index in [4.69, 9.17) is 11.6 Å². The van der Waals surface area contributed by atoms with Crippen molar-refractivity contribution < 1.29 is 0 Å². The Morgan fingerprint density at radius 3 is 2.52 bits per heavy atom. The minimum atomic E-state index is 0.591. The fourth-order valence-electron chi connectivity index (χ4n) is 2.50. The first-order chi connectivity index (χ1) is 10.3. The molecule has 0 bridgehead atoms. The lowest BCUT2D eigenvalue weighted by Gasteiger charge is -2.36. The Kier molecular flexibility index (Phi) is 3.89. The first-order valence-corrected chi connectivity index (χ1v) is 7.11. The number of aromatic nitrogens is 2. The molecule has 2 heterocycles. The van der Waals surface area contributed by atoms with E-state index >= 15 is 0 Å². The molecule has 3 rings (SSSR count). The third-order valence-electron chi connectivity index (χ3n) is 3.57. The fraction of sp³-hybridized carbons (Fsp3) is 0.267. The zero-order chi connectivity index (χ0) is 14.7. The highest BCUT2D eigenvalue weighted by molar-refractivity contribution is 6.30. The Hall–Kier alpha value is -2.32. The summed E-state index contributed by atoms with van der Waals surface area (Å²) in [4.78, 5) is 12.8. The van der Waals surface area contributed by atoms with E-state index in [1.54, 1.807) is 24.7 Å². The number of hydrogen-bond donors (Lipinski definition) is 0. The van der Waals surface area contributed by atoms with Crippen LogP contribution in [-0.4, -0.2) is 36.1 Å². The summed E-state index contributed by atoms with van der Waals surface area (Å²) >= 11 is 5.94. The highest BCUT2D eigenvalue weighted by Crippen LogP contribution is 2.25. The van der Waals surface area contributed by atoms with E-state index in [9.17, 15) is 5.26 Å². The van der Waals surface area contributed by atoms with Crippen LogP contribution < -0.4 is 9.80 Å². The topological polar surface area (TPSA) is 56.1 Å². The van der Waals surface area contributed by atoms with Gasteiger partial charge in [-0.25, -0.2) is 4.98 Å². The molecule has 106 valence electrons. The lowest BCUT2D eigenvalue weighted by Crippen LogP contribution is -2.47. The molecule has 2 aromatic rings. The van der Waals surface area contributed by atoms with Gasteiger partial charge in [-0.05, 0) is 18.2 Å². The summed E-state index contributed by atoms with van der Waals surface area (Å²) in [5.41, 5.74) is 1.57. The summed E-state index contributed by atoms with van der Waals surface area (Å²) in [7, 11) is 0. The Balaban J connectivity index is 1.73. The van der Waals surface area contributed by atoms with Gasteiger partial charge in [-0.15, -0.1) is 0 Å². The van der Waals surface area contributed by atoms with E-state index in [1.165, 1.54) is 0 Å². The van der Waals surface area contributed by atoms with Gasteiger partial charge < -0.3 is 9.80 Å². The van der Waals surface area contributed by atoms with Gasteiger partial charge in [0.2, 0.25) is 0 Å². The van der Waals surface area contributed by atoms with Gasteiger partial charge in [0, 0.05) is 43.6 Å². The molecule has 1 aliphatic heterocycles. The van der Waals surface area contributed by atoms with Gasteiger partial charge in [-0.2, -0.15) is 5.26 Å². The molecule has 1 aromatic heterocycles. The molecule has 1 fully saturated rings. The second-order valence-electron chi connectivity index (χ2n) is 4.81. The fourth-order valence-corrected chi connectivity index (χ4v) is 2.68. The Morgan fingerprint density at radius 1 is 1.10 bits per heavy atom.